The number of hydrogen-bond acceptors (Lipinski definition) is 5. The van der Waals surface area contributed by atoms with Gasteiger partial charge in [0.1, 0.15) is 11.6 Å². The summed E-state index contributed by atoms with van der Waals surface area (Å²) in [6.45, 7) is -0.111. The molecule has 0 aliphatic carbocycles. The van der Waals surface area contributed by atoms with E-state index in [0.717, 1.165) is 15.2 Å². The standard InChI is InChI=1S/C12H12N2O3S/c1-17-12(16)7-13-10(15)6-11-14-8-4-2-3-5-9(8)18-11/h2-5H,6-7H2,1H3,(H,13,15). The molecule has 0 fully saturated rings. The summed E-state index contributed by atoms with van der Waals surface area (Å²) < 4.78 is 5.48. The zero-order chi connectivity index (χ0) is 13.0. The second-order valence-electron chi connectivity index (χ2n) is 3.60. The molecule has 0 unspecified atom stereocenters. The average molecular weight is 264 g/mol. The molecular formula is C12H12N2O3S. The smallest absolute Gasteiger partial charge is 0.325 e. The zero-order valence-electron chi connectivity index (χ0n) is 9.80. The molecule has 1 heterocycles. The summed E-state index contributed by atoms with van der Waals surface area (Å²) in [5, 5.41) is 3.21. The highest BCUT2D eigenvalue weighted by Gasteiger charge is 2.10. The minimum atomic E-state index is -0.465. The fourth-order valence-electron chi connectivity index (χ4n) is 1.44. The molecule has 1 N–H and O–H groups in total. The maximum atomic E-state index is 11.6. The van der Waals surface area contributed by atoms with Gasteiger partial charge in [-0.05, 0) is 12.1 Å². The van der Waals surface area contributed by atoms with E-state index < -0.39 is 5.97 Å². The van der Waals surface area contributed by atoms with Crippen molar-refractivity contribution >= 4 is 33.4 Å². The number of rotatable bonds is 4. The van der Waals surface area contributed by atoms with Crippen LogP contribution in [0.25, 0.3) is 10.2 Å². The van der Waals surface area contributed by atoms with E-state index in [1.54, 1.807) is 0 Å². The third kappa shape index (κ3) is 3.04. The number of thiazole rings is 1. The van der Waals surface area contributed by atoms with Crippen molar-refractivity contribution in [2.45, 2.75) is 6.42 Å². The molecule has 0 aliphatic heterocycles. The second kappa shape index (κ2) is 5.59. The summed E-state index contributed by atoms with van der Waals surface area (Å²) in [7, 11) is 1.28. The number of nitrogens with one attached hydrogen (secondary N) is 1. The van der Waals surface area contributed by atoms with Crippen LogP contribution in [0.4, 0.5) is 0 Å². The monoisotopic (exact) mass is 264 g/mol. The lowest BCUT2D eigenvalue weighted by Gasteiger charge is -2.01. The Balaban J connectivity index is 1.96. The number of nitrogens with zero attached hydrogens (tertiary/aromatic N) is 1. The largest absolute Gasteiger partial charge is 0.468 e. The Morgan fingerprint density at radius 2 is 2.17 bits per heavy atom. The SMILES string of the molecule is COC(=O)CNC(=O)Cc1nc2ccccc2s1. The molecule has 5 nitrogen and oxygen atoms in total. The van der Waals surface area contributed by atoms with Crippen LogP contribution in [-0.4, -0.2) is 30.5 Å². The van der Waals surface area contributed by atoms with Gasteiger partial charge in [0.15, 0.2) is 0 Å². The predicted molar refractivity (Wildman–Crippen MR) is 68.3 cm³/mol. The summed E-state index contributed by atoms with van der Waals surface area (Å²) in [5.74, 6) is -0.702. The van der Waals surface area contributed by atoms with Gasteiger partial charge in [-0.15, -0.1) is 11.3 Å². The Morgan fingerprint density at radius 1 is 1.39 bits per heavy atom. The third-order valence-corrected chi connectivity index (χ3v) is 3.34. The van der Waals surface area contributed by atoms with Gasteiger partial charge in [0, 0.05) is 0 Å². The number of para-hydroxylation sites is 1. The summed E-state index contributed by atoms with van der Waals surface area (Å²) >= 11 is 1.48. The van der Waals surface area contributed by atoms with Gasteiger partial charge < -0.3 is 10.1 Å². The van der Waals surface area contributed by atoms with Crippen molar-refractivity contribution in [3.63, 3.8) is 0 Å². The molecule has 0 atom stereocenters. The van der Waals surface area contributed by atoms with Crippen LogP contribution in [-0.2, 0) is 20.7 Å². The first-order valence-corrected chi connectivity index (χ1v) is 6.18. The van der Waals surface area contributed by atoms with Gasteiger partial charge in [-0.2, -0.15) is 0 Å². The highest BCUT2D eigenvalue weighted by atomic mass is 32.1. The number of hydrogen-bond donors (Lipinski definition) is 1. The first-order chi connectivity index (χ1) is 8.69. The van der Waals surface area contributed by atoms with Gasteiger partial charge in [-0.1, -0.05) is 12.1 Å². The van der Waals surface area contributed by atoms with Crippen LogP contribution in [0.15, 0.2) is 24.3 Å². The van der Waals surface area contributed by atoms with Gasteiger partial charge >= 0.3 is 5.97 Å². The molecule has 6 heteroatoms. The van der Waals surface area contributed by atoms with Gasteiger partial charge in [-0.25, -0.2) is 4.98 Å². The van der Waals surface area contributed by atoms with E-state index >= 15 is 0 Å². The third-order valence-electron chi connectivity index (χ3n) is 2.31. The van der Waals surface area contributed by atoms with Gasteiger partial charge in [0.2, 0.25) is 5.91 Å². The van der Waals surface area contributed by atoms with Gasteiger partial charge in [0.25, 0.3) is 0 Å². The van der Waals surface area contributed by atoms with Crippen LogP contribution in [0.5, 0.6) is 0 Å². The normalized spacial score (nSPS) is 10.3. The van der Waals surface area contributed by atoms with Gasteiger partial charge in [-0.3, -0.25) is 9.59 Å². The van der Waals surface area contributed by atoms with Crippen molar-refractivity contribution in [2.75, 3.05) is 13.7 Å². The quantitative estimate of drug-likeness (QED) is 0.840. The maximum Gasteiger partial charge on any atom is 0.325 e. The molecule has 1 aromatic heterocycles. The number of amides is 1. The lowest BCUT2D eigenvalue weighted by Crippen LogP contribution is -2.31. The molecule has 0 saturated heterocycles. The minimum Gasteiger partial charge on any atom is -0.468 e. The first-order valence-electron chi connectivity index (χ1n) is 5.37. The van der Waals surface area contributed by atoms with Crippen LogP contribution < -0.4 is 5.32 Å². The van der Waals surface area contributed by atoms with Gasteiger partial charge in [0.05, 0.1) is 23.7 Å². The van der Waals surface area contributed by atoms with E-state index in [1.807, 2.05) is 24.3 Å². The van der Waals surface area contributed by atoms with E-state index in [-0.39, 0.29) is 18.9 Å². The van der Waals surface area contributed by atoms with Crippen molar-refractivity contribution in [1.29, 1.82) is 0 Å². The fourth-order valence-corrected chi connectivity index (χ4v) is 2.40. The lowest BCUT2D eigenvalue weighted by atomic mass is 10.3. The number of benzene rings is 1. The molecule has 94 valence electrons. The van der Waals surface area contributed by atoms with Crippen LogP contribution in [0.3, 0.4) is 0 Å². The average Bonchev–Trinajstić information content (AvgIpc) is 2.77. The number of fused-ring (bicyclic) bond motifs is 1. The first kappa shape index (κ1) is 12.5. The molecule has 0 radical (unpaired) electrons. The molecule has 1 aromatic carbocycles. The second-order valence-corrected chi connectivity index (χ2v) is 4.72. The maximum absolute atomic E-state index is 11.6. The number of methoxy groups -OCH3 is 1. The zero-order valence-corrected chi connectivity index (χ0v) is 10.6. The Morgan fingerprint density at radius 3 is 2.89 bits per heavy atom. The number of carbonyl (C=O) groups is 2. The Hall–Kier alpha value is -1.95. The molecule has 18 heavy (non-hydrogen) atoms. The number of esters is 1. The fraction of sp³-hybridized carbons (Fsp3) is 0.250. The van der Waals surface area contributed by atoms with Crippen molar-refractivity contribution in [3.05, 3.63) is 29.3 Å². The summed E-state index contributed by atoms with van der Waals surface area (Å²) in [6.07, 6.45) is 0.177. The summed E-state index contributed by atoms with van der Waals surface area (Å²) in [6, 6.07) is 7.70. The molecule has 0 bridgehead atoms. The minimum absolute atomic E-state index is 0.111. The Labute approximate surface area is 108 Å². The molecule has 0 aliphatic rings. The van der Waals surface area contributed by atoms with Crippen molar-refractivity contribution in [1.82, 2.24) is 10.3 Å². The summed E-state index contributed by atoms with van der Waals surface area (Å²) in [5.41, 5.74) is 0.887. The molecule has 2 aromatic rings. The van der Waals surface area contributed by atoms with Crippen molar-refractivity contribution in [2.24, 2.45) is 0 Å². The van der Waals surface area contributed by atoms with Crippen LogP contribution >= 0.6 is 11.3 Å². The van der Waals surface area contributed by atoms with E-state index in [2.05, 4.69) is 15.0 Å². The molecule has 0 saturated carbocycles. The predicted octanol–water partition coefficient (Wildman–Crippen LogP) is 1.13. The highest BCUT2D eigenvalue weighted by molar-refractivity contribution is 7.18. The number of ether oxygens (including phenoxy) is 1. The highest BCUT2D eigenvalue weighted by Crippen LogP contribution is 2.21. The van der Waals surface area contributed by atoms with Crippen LogP contribution in [0, 0.1) is 0 Å². The Kier molecular flexibility index (Phi) is 3.88. The van der Waals surface area contributed by atoms with E-state index in [0.29, 0.717) is 0 Å². The summed E-state index contributed by atoms with van der Waals surface area (Å²) in [4.78, 5) is 26.8. The van der Waals surface area contributed by atoms with Crippen molar-refractivity contribution in [3.8, 4) is 0 Å². The Bertz CT molecular complexity index is 546. The number of aromatic nitrogens is 1. The lowest BCUT2D eigenvalue weighted by molar-refractivity contribution is -0.141. The molecule has 1 amide bonds. The molecular weight excluding hydrogens is 252 g/mol. The van der Waals surface area contributed by atoms with E-state index in [9.17, 15) is 9.59 Å². The van der Waals surface area contributed by atoms with E-state index in [4.69, 9.17) is 0 Å². The van der Waals surface area contributed by atoms with Crippen LogP contribution in [0.2, 0.25) is 0 Å². The van der Waals surface area contributed by atoms with Crippen LogP contribution in [0.1, 0.15) is 5.01 Å². The van der Waals surface area contributed by atoms with E-state index in [1.165, 1.54) is 18.4 Å². The topological polar surface area (TPSA) is 68.3 Å². The van der Waals surface area contributed by atoms with Crippen molar-refractivity contribution < 1.29 is 14.3 Å². The molecule has 0 spiro atoms. The molecule has 2 rings (SSSR count). The number of carbonyl (C=O) groups excluding carboxylic acids is 2.